The molecule has 2 heterocycles. The molecule has 0 spiro atoms. The van der Waals surface area contributed by atoms with Crippen molar-refractivity contribution in [3.8, 4) is 11.3 Å². The second kappa shape index (κ2) is 5.35. The van der Waals surface area contributed by atoms with Crippen LogP contribution in [-0.4, -0.2) is 23.1 Å². The smallest absolute Gasteiger partial charge is 0.110 e. The van der Waals surface area contributed by atoms with Crippen LogP contribution in [0.25, 0.3) is 11.3 Å². The Balaban J connectivity index is 1.92. The summed E-state index contributed by atoms with van der Waals surface area (Å²) in [4.78, 5) is 8.25. The van der Waals surface area contributed by atoms with Crippen LogP contribution in [0, 0.1) is 6.92 Å². The van der Waals surface area contributed by atoms with Gasteiger partial charge in [0.05, 0.1) is 5.69 Å². The van der Waals surface area contributed by atoms with Crippen LogP contribution in [0.3, 0.4) is 0 Å². The van der Waals surface area contributed by atoms with Crippen molar-refractivity contribution in [2.75, 3.05) is 13.1 Å². The maximum absolute atomic E-state index is 6.06. The summed E-state index contributed by atoms with van der Waals surface area (Å²) in [6, 6.07) is 7.88. The van der Waals surface area contributed by atoms with Crippen molar-refractivity contribution in [2.45, 2.75) is 25.7 Å². The zero-order chi connectivity index (χ0) is 13.2. The van der Waals surface area contributed by atoms with Gasteiger partial charge in [-0.05, 0) is 45.0 Å². The van der Waals surface area contributed by atoms with E-state index >= 15 is 0 Å². The van der Waals surface area contributed by atoms with Crippen molar-refractivity contribution in [1.29, 1.82) is 0 Å². The van der Waals surface area contributed by atoms with Gasteiger partial charge in [-0.3, -0.25) is 0 Å². The van der Waals surface area contributed by atoms with E-state index in [4.69, 9.17) is 16.6 Å². The predicted octanol–water partition coefficient (Wildman–Crippen LogP) is 3.51. The zero-order valence-electron chi connectivity index (χ0n) is 11.0. The van der Waals surface area contributed by atoms with Gasteiger partial charge in [0.15, 0.2) is 0 Å². The monoisotopic (exact) mass is 275 g/mol. The maximum Gasteiger partial charge on any atom is 0.110 e. The Morgan fingerprint density at radius 2 is 2.05 bits per heavy atom. The third-order valence-corrected chi connectivity index (χ3v) is 3.96. The van der Waals surface area contributed by atoms with E-state index in [2.05, 4.69) is 23.3 Å². The van der Waals surface area contributed by atoms with E-state index in [1.807, 2.05) is 18.2 Å². The maximum atomic E-state index is 6.06. The van der Waals surface area contributed by atoms with Gasteiger partial charge in [-0.2, -0.15) is 0 Å². The molecule has 1 aromatic heterocycles. The standard InChI is InChI=1S/C15H18ClN3/c1-10-14(12-3-2-4-13(16)9-12)19-15(18-10)11-5-7-17-8-6-11/h2-4,9,11,17H,5-8H2,1H3,(H,18,19). The number of aromatic nitrogens is 2. The molecule has 0 aliphatic carbocycles. The van der Waals surface area contributed by atoms with Crippen LogP contribution in [0.5, 0.6) is 0 Å². The molecular weight excluding hydrogens is 258 g/mol. The van der Waals surface area contributed by atoms with Crippen LogP contribution in [0.15, 0.2) is 24.3 Å². The van der Waals surface area contributed by atoms with E-state index in [9.17, 15) is 0 Å². The van der Waals surface area contributed by atoms with Crippen LogP contribution < -0.4 is 5.32 Å². The van der Waals surface area contributed by atoms with E-state index in [1.165, 1.54) is 0 Å². The molecule has 3 nitrogen and oxygen atoms in total. The number of halogens is 1. The van der Waals surface area contributed by atoms with Crippen LogP contribution in [0.1, 0.15) is 30.3 Å². The number of imidazole rings is 1. The molecule has 2 aromatic rings. The molecule has 1 aliphatic rings. The molecule has 4 heteroatoms. The van der Waals surface area contributed by atoms with Gasteiger partial charge in [-0.15, -0.1) is 0 Å². The Bertz CT molecular complexity index is 571. The number of benzene rings is 1. The molecule has 19 heavy (non-hydrogen) atoms. The number of aromatic amines is 1. The number of aryl methyl sites for hydroxylation is 1. The molecule has 1 aromatic carbocycles. The van der Waals surface area contributed by atoms with E-state index in [0.717, 1.165) is 53.7 Å². The largest absolute Gasteiger partial charge is 0.345 e. The van der Waals surface area contributed by atoms with Crippen molar-refractivity contribution in [1.82, 2.24) is 15.3 Å². The second-order valence-corrected chi connectivity index (χ2v) is 5.57. The summed E-state index contributed by atoms with van der Waals surface area (Å²) >= 11 is 6.06. The van der Waals surface area contributed by atoms with Crippen molar-refractivity contribution in [3.05, 3.63) is 40.8 Å². The molecule has 0 atom stereocenters. The van der Waals surface area contributed by atoms with Gasteiger partial charge in [-0.1, -0.05) is 23.7 Å². The lowest BCUT2D eigenvalue weighted by Crippen LogP contribution is -2.27. The summed E-state index contributed by atoms with van der Waals surface area (Å²) in [5, 5.41) is 4.14. The Labute approximate surface area is 118 Å². The number of nitrogens with one attached hydrogen (secondary N) is 2. The summed E-state index contributed by atoms with van der Waals surface area (Å²) in [7, 11) is 0. The molecule has 0 amide bonds. The molecule has 1 fully saturated rings. The van der Waals surface area contributed by atoms with Gasteiger partial charge >= 0.3 is 0 Å². The molecule has 0 saturated carbocycles. The number of H-pyrrole nitrogens is 1. The summed E-state index contributed by atoms with van der Waals surface area (Å²) in [5.41, 5.74) is 3.23. The molecule has 1 saturated heterocycles. The van der Waals surface area contributed by atoms with Gasteiger partial charge in [0.1, 0.15) is 5.82 Å². The lowest BCUT2D eigenvalue weighted by Gasteiger charge is -2.20. The van der Waals surface area contributed by atoms with E-state index in [-0.39, 0.29) is 0 Å². The molecule has 2 N–H and O–H groups in total. The fraction of sp³-hybridized carbons (Fsp3) is 0.400. The first kappa shape index (κ1) is 12.7. The first-order valence-electron chi connectivity index (χ1n) is 6.77. The first-order chi connectivity index (χ1) is 9.24. The van der Waals surface area contributed by atoms with Crippen molar-refractivity contribution in [3.63, 3.8) is 0 Å². The summed E-state index contributed by atoms with van der Waals surface area (Å²) in [6.07, 6.45) is 2.31. The highest BCUT2D eigenvalue weighted by atomic mass is 35.5. The van der Waals surface area contributed by atoms with Gasteiger partial charge in [0.2, 0.25) is 0 Å². The second-order valence-electron chi connectivity index (χ2n) is 5.13. The lowest BCUT2D eigenvalue weighted by atomic mass is 9.98. The van der Waals surface area contributed by atoms with Gasteiger partial charge in [-0.25, -0.2) is 4.98 Å². The zero-order valence-corrected chi connectivity index (χ0v) is 11.8. The van der Waals surface area contributed by atoms with E-state index in [0.29, 0.717) is 5.92 Å². The van der Waals surface area contributed by atoms with Crippen LogP contribution in [0.2, 0.25) is 5.02 Å². The third-order valence-electron chi connectivity index (χ3n) is 3.73. The fourth-order valence-corrected chi connectivity index (χ4v) is 2.88. The van der Waals surface area contributed by atoms with Gasteiger partial charge in [0, 0.05) is 22.2 Å². The quantitative estimate of drug-likeness (QED) is 0.881. The summed E-state index contributed by atoms with van der Waals surface area (Å²) < 4.78 is 0. The summed E-state index contributed by atoms with van der Waals surface area (Å²) in [5.74, 6) is 1.67. The predicted molar refractivity (Wildman–Crippen MR) is 78.6 cm³/mol. The molecule has 0 radical (unpaired) electrons. The SMILES string of the molecule is Cc1[nH]c(C2CCNCC2)nc1-c1cccc(Cl)c1. The summed E-state index contributed by atoms with van der Waals surface area (Å²) in [6.45, 7) is 4.24. The van der Waals surface area contributed by atoms with Gasteiger partial charge < -0.3 is 10.3 Å². The Hall–Kier alpha value is -1.32. The number of piperidine rings is 1. The third kappa shape index (κ3) is 2.67. The van der Waals surface area contributed by atoms with Crippen LogP contribution >= 0.6 is 11.6 Å². The topological polar surface area (TPSA) is 40.7 Å². The number of rotatable bonds is 2. The number of hydrogen-bond acceptors (Lipinski definition) is 2. The Morgan fingerprint density at radius 1 is 1.26 bits per heavy atom. The Kier molecular flexibility index (Phi) is 3.58. The minimum atomic E-state index is 0.549. The molecule has 3 rings (SSSR count). The lowest BCUT2D eigenvalue weighted by molar-refractivity contribution is 0.447. The molecule has 0 bridgehead atoms. The molecule has 0 unspecified atom stereocenters. The van der Waals surface area contributed by atoms with Crippen LogP contribution in [-0.2, 0) is 0 Å². The van der Waals surface area contributed by atoms with E-state index < -0.39 is 0 Å². The fourth-order valence-electron chi connectivity index (χ4n) is 2.69. The average Bonchev–Trinajstić information content (AvgIpc) is 2.82. The molecule has 100 valence electrons. The number of nitrogens with zero attached hydrogens (tertiary/aromatic N) is 1. The Morgan fingerprint density at radius 3 is 2.79 bits per heavy atom. The molecule has 1 aliphatic heterocycles. The average molecular weight is 276 g/mol. The minimum Gasteiger partial charge on any atom is -0.345 e. The highest BCUT2D eigenvalue weighted by molar-refractivity contribution is 6.30. The van der Waals surface area contributed by atoms with Crippen LogP contribution in [0.4, 0.5) is 0 Å². The van der Waals surface area contributed by atoms with Crippen molar-refractivity contribution >= 4 is 11.6 Å². The number of hydrogen-bond donors (Lipinski definition) is 2. The van der Waals surface area contributed by atoms with Crippen molar-refractivity contribution in [2.24, 2.45) is 0 Å². The highest BCUT2D eigenvalue weighted by Crippen LogP contribution is 2.29. The van der Waals surface area contributed by atoms with E-state index in [1.54, 1.807) is 0 Å². The highest BCUT2D eigenvalue weighted by Gasteiger charge is 2.20. The normalized spacial score (nSPS) is 16.7. The molecular formula is C15H18ClN3. The first-order valence-corrected chi connectivity index (χ1v) is 7.15. The van der Waals surface area contributed by atoms with Gasteiger partial charge in [0.25, 0.3) is 0 Å². The minimum absolute atomic E-state index is 0.549. The van der Waals surface area contributed by atoms with Crippen molar-refractivity contribution < 1.29 is 0 Å².